The summed E-state index contributed by atoms with van der Waals surface area (Å²) < 4.78 is 0. The highest BCUT2D eigenvalue weighted by molar-refractivity contribution is 5.74. The molecule has 1 saturated carbocycles. The van der Waals surface area contributed by atoms with Crippen LogP contribution in [0, 0.1) is 5.92 Å². The molecule has 0 radical (unpaired) electrons. The number of urea groups is 1. The minimum Gasteiger partial charge on any atom is -0.338 e. The summed E-state index contributed by atoms with van der Waals surface area (Å²) >= 11 is 0. The monoisotopic (exact) mass is 225 g/mol. The van der Waals surface area contributed by atoms with Crippen molar-refractivity contribution in [1.82, 2.24) is 15.1 Å². The van der Waals surface area contributed by atoms with E-state index in [0.29, 0.717) is 0 Å². The van der Waals surface area contributed by atoms with Crippen LogP contribution in [0.4, 0.5) is 4.79 Å². The smallest absolute Gasteiger partial charge is 0.317 e. The fourth-order valence-electron chi connectivity index (χ4n) is 2.57. The molecule has 0 spiro atoms. The lowest BCUT2D eigenvalue weighted by molar-refractivity contribution is 0.153. The standard InChI is InChI=1S/C12H23N3O/c1-14-6-8-15(9-7-14)12(16)13-10-11-4-2-3-5-11/h11H,2-10H2,1H3,(H,13,16). The number of nitrogens with zero attached hydrogens (tertiary/aromatic N) is 2. The number of amides is 2. The molecule has 0 aromatic heterocycles. The molecule has 4 heteroatoms. The zero-order valence-corrected chi connectivity index (χ0v) is 10.2. The SMILES string of the molecule is CN1CCN(C(=O)NCC2CCCC2)CC1. The molecule has 0 aromatic rings. The summed E-state index contributed by atoms with van der Waals surface area (Å²) in [7, 11) is 2.10. The van der Waals surface area contributed by atoms with Crippen LogP contribution < -0.4 is 5.32 Å². The van der Waals surface area contributed by atoms with Crippen LogP contribution in [0.15, 0.2) is 0 Å². The molecule has 4 nitrogen and oxygen atoms in total. The van der Waals surface area contributed by atoms with Gasteiger partial charge in [0.25, 0.3) is 0 Å². The van der Waals surface area contributed by atoms with Gasteiger partial charge in [-0.05, 0) is 25.8 Å². The fourth-order valence-corrected chi connectivity index (χ4v) is 2.57. The summed E-state index contributed by atoms with van der Waals surface area (Å²) in [6, 6.07) is 0.139. The molecule has 1 aliphatic carbocycles. The Hall–Kier alpha value is -0.770. The maximum absolute atomic E-state index is 11.9. The third-order valence-electron chi connectivity index (χ3n) is 3.81. The number of hydrogen-bond acceptors (Lipinski definition) is 2. The van der Waals surface area contributed by atoms with Crippen LogP contribution in [-0.4, -0.2) is 55.6 Å². The molecule has 1 aliphatic heterocycles. The average Bonchev–Trinajstić information content (AvgIpc) is 2.80. The summed E-state index contributed by atoms with van der Waals surface area (Å²) in [5, 5.41) is 3.08. The fraction of sp³-hybridized carbons (Fsp3) is 0.917. The van der Waals surface area contributed by atoms with Crippen LogP contribution >= 0.6 is 0 Å². The topological polar surface area (TPSA) is 35.6 Å². The van der Waals surface area contributed by atoms with E-state index in [-0.39, 0.29) is 6.03 Å². The molecule has 2 rings (SSSR count). The van der Waals surface area contributed by atoms with Crippen LogP contribution in [0.1, 0.15) is 25.7 Å². The van der Waals surface area contributed by atoms with Gasteiger partial charge in [-0.1, -0.05) is 12.8 Å². The van der Waals surface area contributed by atoms with Crippen LogP contribution in [0.3, 0.4) is 0 Å². The van der Waals surface area contributed by atoms with E-state index in [2.05, 4.69) is 17.3 Å². The number of rotatable bonds is 2. The van der Waals surface area contributed by atoms with Gasteiger partial charge in [0, 0.05) is 32.7 Å². The highest BCUT2D eigenvalue weighted by atomic mass is 16.2. The number of carbonyl (C=O) groups excluding carboxylic acids is 1. The van der Waals surface area contributed by atoms with Gasteiger partial charge in [0.15, 0.2) is 0 Å². The van der Waals surface area contributed by atoms with Crippen molar-refractivity contribution >= 4 is 6.03 Å². The Bertz CT molecular complexity index is 230. The first kappa shape index (κ1) is 11.7. The van der Waals surface area contributed by atoms with Gasteiger partial charge in [-0.25, -0.2) is 4.79 Å². The molecule has 92 valence electrons. The lowest BCUT2D eigenvalue weighted by Gasteiger charge is -2.32. The van der Waals surface area contributed by atoms with Gasteiger partial charge in [-0.2, -0.15) is 0 Å². The van der Waals surface area contributed by atoms with Crippen LogP contribution in [0.25, 0.3) is 0 Å². The van der Waals surface area contributed by atoms with Crippen molar-refractivity contribution in [1.29, 1.82) is 0 Å². The third-order valence-corrected chi connectivity index (χ3v) is 3.81. The predicted octanol–water partition coefficient (Wildman–Crippen LogP) is 1.13. The second kappa shape index (κ2) is 5.53. The zero-order valence-electron chi connectivity index (χ0n) is 10.2. The van der Waals surface area contributed by atoms with E-state index in [1.807, 2.05) is 4.90 Å². The molecule has 1 saturated heterocycles. The summed E-state index contributed by atoms with van der Waals surface area (Å²) in [4.78, 5) is 16.1. The predicted molar refractivity (Wildman–Crippen MR) is 64.4 cm³/mol. The molecule has 1 heterocycles. The van der Waals surface area contributed by atoms with Crippen LogP contribution in [0.2, 0.25) is 0 Å². The summed E-state index contributed by atoms with van der Waals surface area (Å²) in [5.74, 6) is 0.733. The van der Waals surface area contributed by atoms with Gasteiger partial charge in [0.05, 0.1) is 0 Å². The van der Waals surface area contributed by atoms with E-state index < -0.39 is 0 Å². The molecule has 0 aromatic carbocycles. The Morgan fingerprint density at radius 2 is 1.81 bits per heavy atom. The van der Waals surface area contributed by atoms with Crippen molar-refractivity contribution in [3.8, 4) is 0 Å². The van der Waals surface area contributed by atoms with Crippen molar-refractivity contribution in [3.63, 3.8) is 0 Å². The van der Waals surface area contributed by atoms with Gasteiger partial charge in [0.1, 0.15) is 0 Å². The molecule has 0 bridgehead atoms. The van der Waals surface area contributed by atoms with Crippen LogP contribution in [-0.2, 0) is 0 Å². The molecule has 0 atom stereocenters. The number of hydrogen-bond donors (Lipinski definition) is 1. The molecule has 16 heavy (non-hydrogen) atoms. The van der Waals surface area contributed by atoms with E-state index in [1.54, 1.807) is 0 Å². The van der Waals surface area contributed by atoms with Gasteiger partial charge in [0.2, 0.25) is 0 Å². The lowest BCUT2D eigenvalue weighted by Crippen LogP contribution is -2.51. The van der Waals surface area contributed by atoms with Crippen molar-refractivity contribution in [2.45, 2.75) is 25.7 Å². The van der Waals surface area contributed by atoms with E-state index in [4.69, 9.17) is 0 Å². The van der Waals surface area contributed by atoms with Crippen molar-refractivity contribution in [2.75, 3.05) is 39.8 Å². The second-order valence-corrected chi connectivity index (χ2v) is 5.13. The Balaban J connectivity index is 1.67. The third kappa shape index (κ3) is 3.11. The lowest BCUT2D eigenvalue weighted by atomic mass is 10.1. The van der Waals surface area contributed by atoms with Crippen molar-refractivity contribution < 1.29 is 4.79 Å². The van der Waals surface area contributed by atoms with Crippen LogP contribution in [0.5, 0.6) is 0 Å². The van der Waals surface area contributed by atoms with E-state index >= 15 is 0 Å². The van der Waals surface area contributed by atoms with E-state index in [1.165, 1.54) is 25.7 Å². The Morgan fingerprint density at radius 1 is 1.19 bits per heavy atom. The van der Waals surface area contributed by atoms with Gasteiger partial charge in [-0.3, -0.25) is 0 Å². The quantitative estimate of drug-likeness (QED) is 0.765. The van der Waals surface area contributed by atoms with E-state index in [9.17, 15) is 4.79 Å². The van der Waals surface area contributed by atoms with Gasteiger partial charge >= 0.3 is 6.03 Å². The molecular weight excluding hydrogens is 202 g/mol. The molecule has 2 aliphatic rings. The molecule has 0 unspecified atom stereocenters. The normalized spacial score (nSPS) is 23.7. The second-order valence-electron chi connectivity index (χ2n) is 5.13. The summed E-state index contributed by atoms with van der Waals surface area (Å²) in [6.07, 6.45) is 5.27. The Morgan fingerprint density at radius 3 is 2.44 bits per heavy atom. The Kier molecular flexibility index (Phi) is 4.04. The zero-order chi connectivity index (χ0) is 11.4. The minimum atomic E-state index is 0.139. The molecule has 2 amide bonds. The largest absolute Gasteiger partial charge is 0.338 e. The number of likely N-dealkylation sites (N-methyl/N-ethyl adjacent to an activating group) is 1. The van der Waals surface area contributed by atoms with Crippen molar-refractivity contribution in [3.05, 3.63) is 0 Å². The number of carbonyl (C=O) groups is 1. The molecular formula is C12H23N3O. The van der Waals surface area contributed by atoms with Gasteiger partial charge < -0.3 is 15.1 Å². The number of nitrogens with one attached hydrogen (secondary N) is 1. The average molecular weight is 225 g/mol. The van der Waals surface area contributed by atoms with E-state index in [0.717, 1.165) is 38.6 Å². The summed E-state index contributed by atoms with van der Waals surface area (Å²) in [6.45, 7) is 4.61. The summed E-state index contributed by atoms with van der Waals surface area (Å²) in [5.41, 5.74) is 0. The first-order chi connectivity index (χ1) is 7.75. The van der Waals surface area contributed by atoms with Crippen molar-refractivity contribution in [2.24, 2.45) is 5.92 Å². The minimum absolute atomic E-state index is 0.139. The number of piperazine rings is 1. The maximum atomic E-state index is 11.9. The highest BCUT2D eigenvalue weighted by Gasteiger charge is 2.20. The van der Waals surface area contributed by atoms with Gasteiger partial charge in [-0.15, -0.1) is 0 Å². The molecule has 2 fully saturated rings. The highest BCUT2D eigenvalue weighted by Crippen LogP contribution is 2.23. The first-order valence-electron chi connectivity index (χ1n) is 6.47. The Labute approximate surface area is 98.0 Å². The first-order valence-corrected chi connectivity index (χ1v) is 6.47. The maximum Gasteiger partial charge on any atom is 0.317 e. The molecule has 1 N–H and O–H groups in total.